The van der Waals surface area contributed by atoms with Gasteiger partial charge in [-0.05, 0) is 62.6 Å². The van der Waals surface area contributed by atoms with Gasteiger partial charge in [-0.3, -0.25) is 9.59 Å². The van der Waals surface area contributed by atoms with Gasteiger partial charge in [0.2, 0.25) is 0 Å². The van der Waals surface area contributed by atoms with Crippen LogP contribution in [0.15, 0.2) is 41.3 Å². The molecule has 2 aromatic rings. The van der Waals surface area contributed by atoms with Gasteiger partial charge >= 0.3 is 0 Å². The Morgan fingerprint density at radius 3 is 2.56 bits per heavy atom. The van der Waals surface area contributed by atoms with Gasteiger partial charge in [-0.1, -0.05) is 31.5 Å². The lowest BCUT2D eigenvalue weighted by Crippen LogP contribution is -2.33. The summed E-state index contributed by atoms with van der Waals surface area (Å²) in [4.78, 5) is 30.7. The van der Waals surface area contributed by atoms with Crippen molar-refractivity contribution in [1.82, 2.24) is 9.80 Å². The predicted octanol–water partition coefficient (Wildman–Crippen LogP) is 4.95. The normalized spacial score (nSPS) is 18.0. The van der Waals surface area contributed by atoms with E-state index in [9.17, 15) is 14.7 Å². The van der Waals surface area contributed by atoms with Crippen molar-refractivity contribution in [3.63, 3.8) is 0 Å². The Labute approximate surface area is 198 Å². The molecule has 2 heterocycles. The van der Waals surface area contributed by atoms with E-state index in [0.717, 1.165) is 30.9 Å². The number of benzene rings is 1. The number of amides is 1. The number of carbonyl (C=O) groups is 2. The molecule has 0 aliphatic carbocycles. The summed E-state index contributed by atoms with van der Waals surface area (Å²) in [6.45, 7) is 9.65. The Hall–Kier alpha value is -2.35. The SMILES string of the molecule is CCOc1ccc(/C(O)=C2\C(=O)C(=O)N(CCCN(CC)CC)[C@@H]2c2cccs2)cc1Cl. The molecule has 0 radical (unpaired) electrons. The maximum Gasteiger partial charge on any atom is 0.295 e. The van der Waals surface area contributed by atoms with Crippen LogP contribution >= 0.6 is 22.9 Å². The van der Waals surface area contributed by atoms with Crippen LogP contribution < -0.4 is 4.74 Å². The van der Waals surface area contributed by atoms with Crippen LogP contribution in [0, 0.1) is 0 Å². The highest BCUT2D eigenvalue weighted by Crippen LogP contribution is 2.41. The molecule has 0 unspecified atom stereocenters. The van der Waals surface area contributed by atoms with Gasteiger partial charge in [0.15, 0.2) is 0 Å². The Morgan fingerprint density at radius 1 is 1.22 bits per heavy atom. The first-order chi connectivity index (χ1) is 15.4. The molecular formula is C24H29ClN2O4S. The molecule has 172 valence electrons. The molecule has 1 aliphatic heterocycles. The quantitative estimate of drug-likeness (QED) is 0.298. The van der Waals surface area contributed by atoms with Crippen molar-refractivity contribution in [3.8, 4) is 5.75 Å². The van der Waals surface area contributed by atoms with Crippen molar-refractivity contribution in [2.24, 2.45) is 0 Å². The fourth-order valence-electron chi connectivity index (χ4n) is 3.93. The van der Waals surface area contributed by atoms with Crippen LogP contribution in [0.25, 0.3) is 5.76 Å². The maximum atomic E-state index is 13.0. The summed E-state index contributed by atoms with van der Waals surface area (Å²) in [5, 5.41) is 13.3. The van der Waals surface area contributed by atoms with Gasteiger partial charge in [-0.25, -0.2) is 0 Å². The Bertz CT molecular complexity index is 986. The van der Waals surface area contributed by atoms with Crippen molar-refractivity contribution in [3.05, 3.63) is 56.7 Å². The summed E-state index contributed by atoms with van der Waals surface area (Å²) in [6, 6.07) is 8.01. The van der Waals surface area contributed by atoms with Crippen molar-refractivity contribution < 1.29 is 19.4 Å². The lowest BCUT2D eigenvalue weighted by Gasteiger charge is -2.25. The van der Waals surface area contributed by atoms with Crippen molar-refractivity contribution in [1.29, 1.82) is 0 Å². The Morgan fingerprint density at radius 2 is 1.97 bits per heavy atom. The van der Waals surface area contributed by atoms with Crippen LogP contribution in [0.5, 0.6) is 5.75 Å². The number of thiophene rings is 1. The molecule has 1 saturated heterocycles. The van der Waals surface area contributed by atoms with Crippen LogP contribution in [0.2, 0.25) is 5.02 Å². The predicted molar refractivity (Wildman–Crippen MR) is 128 cm³/mol. The molecule has 0 spiro atoms. The van der Waals surface area contributed by atoms with Crippen molar-refractivity contribution in [2.75, 3.05) is 32.8 Å². The molecular weight excluding hydrogens is 448 g/mol. The average molecular weight is 477 g/mol. The first-order valence-corrected chi connectivity index (χ1v) is 12.1. The lowest BCUT2D eigenvalue weighted by molar-refractivity contribution is -0.139. The van der Waals surface area contributed by atoms with Gasteiger partial charge in [-0.2, -0.15) is 0 Å². The minimum atomic E-state index is -0.672. The number of aliphatic hydroxyl groups excluding tert-OH is 1. The van der Waals surface area contributed by atoms with Gasteiger partial charge in [0, 0.05) is 17.0 Å². The lowest BCUT2D eigenvalue weighted by atomic mass is 9.99. The molecule has 0 bridgehead atoms. The van der Waals surface area contributed by atoms with E-state index < -0.39 is 17.7 Å². The fraction of sp³-hybridized carbons (Fsp3) is 0.417. The van der Waals surface area contributed by atoms with Crippen LogP contribution in [0.1, 0.15) is 43.7 Å². The van der Waals surface area contributed by atoms with Gasteiger partial charge in [-0.15, -0.1) is 11.3 Å². The van der Waals surface area contributed by atoms with E-state index in [-0.39, 0.29) is 11.3 Å². The number of rotatable bonds is 10. The fourth-order valence-corrected chi connectivity index (χ4v) is 5.01. The first-order valence-electron chi connectivity index (χ1n) is 10.9. The number of halogens is 1. The van der Waals surface area contributed by atoms with E-state index in [0.29, 0.717) is 29.5 Å². The molecule has 1 amide bonds. The zero-order valence-corrected chi connectivity index (χ0v) is 20.2. The largest absolute Gasteiger partial charge is 0.507 e. The molecule has 32 heavy (non-hydrogen) atoms. The summed E-state index contributed by atoms with van der Waals surface area (Å²) in [5.74, 6) is -0.981. The number of ether oxygens (including phenoxy) is 1. The number of carbonyl (C=O) groups excluding carboxylic acids is 2. The molecule has 1 N–H and O–H groups in total. The van der Waals surface area contributed by atoms with E-state index in [2.05, 4.69) is 18.7 Å². The molecule has 8 heteroatoms. The molecule has 1 aromatic heterocycles. The minimum absolute atomic E-state index is 0.0977. The number of ketones is 1. The Balaban J connectivity index is 1.97. The number of likely N-dealkylation sites (tertiary alicyclic amines) is 1. The van der Waals surface area contributed by atoms with Crippen LogP contribution in [-0.2, 0) is 9.59 Å². The second kappa shape index (κ2) is 11.0. The van der Waals surface area contributed by atoms with Crippen molar-refractivity contribution in [2.45, 2.75) is 33.2 Å². The third-order valence-corrected chi connectivity index (χ3v) is 6.85. The molecule has 1 atom stereocenters. The maximum absolute atomic E-state index is 13.0. The van der Waals surface area contributed by atoms with E-state index in [1.54, 1.807) is 23.1 Å². The smallest absolute Gasteiger partial charge is 0.295 e. The van der Waals surface area contributed by atoms with Gasteiger partial charge in [0.25, 0.3) is 11.7 Å². The van der Waals surface area contributed by atoms with E-state index in [1.807, 2.05) is 24.4 Å². The molecule has 0 saturated carbocycles. The molecule has 1 aliphatic rings. The van der Waals surface area contributed by atoms with Crippen molar-refractivity contribution >= 4 is 40.4 Å². The van der Waals surface area contributed by atoms with Gasteiger partial charge in [0.05, 0.1) is 23.2 Å². The van der Waals surface area contributed by atoms with Crippen LogP contribution in [0.4, 0.5) is 0 Å². The highest BCUT2D eigenvalue weighted by atomic mass is 35.5. The number of hydrogen-bond donors (Lipinski definition) is 1. The molecule has 1 fully saturated rings. The van der Waals surface area contributed by atoms with E-state index in [1.165, 1.54) is 11.3 Å². The minimum Gasteiger partial charge on any atom is -0.507 e. The topological polar surface area (TPSA) is 70.1 Å². The number of aliphatic hydroxyl groups is 1. The summed E-state index contributed by atoms with van der Waals surface area (Å²) in [6.07, 6.45) is 0.742. The summed E-state index contributed by atoms with van der Waals surface area (Å²) >= 11 is 7.75. The molecule has 3 rings (SSSR count). The zero-order valence-electron chi connectivity index (χ0n) is 18.6. The molecule has 1 aromatic carbocycles. The number of hydrogen-bond acceptors (Lipinski definition) is 6. The number of nitrogens with zero attached hydrogens (tertiary/aromatic N) is 2. The second-order valence-corrected chi connectivity index (χ2v) is 8.85. The summed E-state index contributed by atoms with van der Waals surface area (Å²) in [7, 11) is 0. The van der Waals surface area contributed by atoms with E-state index in [4.69, 9.17) is 16.3 Å². The highest BCUT2D eigenvalue weighted by Gasteiger charge is 2.46. The highest BCUT2D eigenvalue weighted by molar-refractivity contribution is 7.10. The standard InChI is InChI=1S/C24H29ClN2O4S/c1-4-26(5-2)12-8-13-27-21(19-9-7-14-32-19)20(23(29)24(27)30)22(28)16-10-11-18(31-6-3)17(25)15-16/h7,9-11,14-15,21,28H,4-6,8,12-13H2,1-3H3/b22-20+/t21-/m1/s1. The van der Waals surface area contributed by atoms with Gasteiger partial charge < -0.3 is 19.6 Å². The average Bonchev–Trinajstić information content (AvgIpc) is 3.40. The van der Waals surface area contributed by atoms with Gasteiger partial charge in [0.1, 0.15) is 11.5 Å². The summed E-state index contributed by atoms with van der Waals surface area (Å²) in [5.41, 5.74) is 0.474. The second-order valence-electron chi connectivity index (χ2n) is 7.47. The monoisotopic (exact) mass is 476 g/mol. The zero-order chi connectivity index (χ0) is 23.3. The van der Waals surface area contributed by atoms with E-state index >= 15 is 0 Å². The first kappa shape index (κ1) is 24.3. The number of Topliss-reactive ketones (excluding diaryl/α,β-unsaturated/α-hetero) is 1. The third-order valence-electron chi connectivity index (χ3n) is 5.63. The van der Waals surface area contributed by atoms with Crippen LogP contribution in [-0.4, -0.2) is 59.4 Å². The summed E-state index contributed by atoms with van der Waals surface area (Å²) < 4.78 is 5.45. The van der Waals surface area contributed by atoms with Crippen LogP contribution in [0.3, 0.4) is 0 Å². The molecule has 6 nitrogen and oxygen atoms in total. The third kappa shape index (κ3) is 5.00. The Kier molecular flexibility index (Phi) is 8.34.